The largest absolute Gasteiger partial charge is 0.497 e. The Morgan fingerprint density at radius 3 is 2.54 bits per heavy atom. The second-order valence-electron chi connectivity index (χ2n) is 6.31. The average molecular weight is 382 g/mol. The number of methoxy groups -OCH3 is 1. The maximum atomic E-state index is 12.4. The molecule has 0 bridgehead atoms. The number of rotatable bonds is 8. The fraction of sp³-hybridized carbons (Fsp3) is 0.286. The Labute approximate surface area is 163 Å². The normalized spacial score (nSPS) is 13.1. The Morgan fingerprint density at radius 1 is 1.07 bits per heavy atom. The van der Waals surface area contributed by atoms with Crippen LogP contribution in [0.4, 0.5) is 0 Å². The lowest BCUT2D eigenvalue weighted by Gasteiger charge is -2.26. The van der Waals surface area contributed by atoms with Crippen molar-refractivity contribution in [2.75, 3.05) is 26.8 Å². The van der Waals surface area contributed by atoms with E-state index in [9.17, 15) is 14.4 Å². The van der Waals surface area contributed by atoms with E-state index < -0.39 is 0 Å². The minimum atomic E-state index is -0.345. The SMILES string of the molecule is COc1ccc(OCCNC(=O)CCN2C(=O)Cc3ccccc3C2=O)cc1. The molecule has 146 valence electrons. The number of nitrogens with zero attached hydrogens (tertiary/aromatic N) is 1. The van der Waals surface area contributed by atoms with E-state index in [4.69, 9.17) is 9.47 Å². The molecular formula is C21H22N2O5. The van der Waals surface area contributed by atoms with Crippen molar-refractivity contribution in [1.29, 1.82) is 0 Å². The lowest BCUT2D eigenvalue weighted by atomic mass is 9.98. The highest BCUT2D eigenvalue weighted by Gasteiger charge is 2.30. The van der Waals surface area contributed by atoms with E-state index in [1.54, 1.807) is 55.6 Å². The lowest BCUT2D eigenvalue weighted by molar-refractivity contribution is -0.129. The number of carbonyl (C=O) groups is 3. The Hall–Kier alpha value is -3.35. The molecule has 0 atom stereocenters. The molecule has 0 aliphatic carbocycles. The Balaban J connectivity index is 1.40. The molecule has 3 rings (SSSR count). The first-order valence-electron chi connectivity index (χ1n) is 9.04. The van der Waals surface area contributed by atoms with Crippen LogP contribution in [0.2, 0.25) is 0 Å². The van der Waals surface area contributed by atoms with Crippen molar-refractivity contribution in [3.05, 3.63) is 59.7 Å². The molecule has 1 aliphatic heterocycles. The van der Waals surface area contributed by atoms with Gasteiger partial charge in [0, 0.05) is 18.5 Å². The van der Waals surface area contributed by atoms with Crippen LogP contribution in [0, 0.1) is 0 Å². The maximum Gasteiger partial charge on any atom is 0.260 e. The van der Waals surface area contributed by atoms with Gasteiger partial charge in [0.15, 0.2) is 0 Å². The first-order chi connectivity index (χ1) is 13.6. The van der Waals surface area contributed by atoms with Crippen LogP contribution in [0.1, 0.15) is 22.3 Å². The number of hydrogen-bond acceptors (Lipinski definition) is 5. The van der Waals surface area contributed by atoms with Gasteiger partial charge in [0.1, 0.15) is 18.1 Å². The molecule has 0 unspecified atom stereocenters. The van der Waals surface area contributed by atoms with Gasteiger partial charge in [0.2, 0.25) is 11.8 Å². The highest BCUT2D eigenvalue weighted by molar-refractivity contribution is 6.09. The number of fused-ring (bicyclic) bond motifs is 1. The van der Waals surface area contributed by atoms with Gasteiger partial charge in [-0.25, -0.2) is 0 Å². The standard InChI is InChI=1S/C21H22N2O5/c1-27-16-6-8-17(9-7-16)28-13-11-22-19(24)10-12-23-20(25)14-15-4-2-3-5-18(15)21(23)26/h2-9H,10-14H2,1H3,(H,22,24). The van der Waals surface area contributed by atoms with Crippen LogP contribution in [0.5, 0.6) is 11.5 Å². The van der Waals surface area contributed by atoms with Gasteiger partial charge < -0.3 is 14.8 Å². The van der Waals surface area contributed by atoms with Crippen LogP contribution in [0.15, 0.2) is 48.5 Å². The highest BCUT2D eigenvalue weighted by atomic mass is 16.5. The summed E-state index contributed by atoms with van der Waals surface area (Å²) in [6, 6.07) is 14.2. The molecule has 3 amide bonds. The molecule has 0 saturated heterocycles. The smallest absolute Gasteiger partial charge is 0.260 e. The molecule has 0 radical (unpaired) electrons. The van der Waals surface area contributed by atoms with Crippen molar-refractivity contribution in [2.24, 2.45) is 0 Å². The van der Waals surface area contributed by atoms with Crippen molar-refractivity contribution in [2.45, 2.75) is 12.8 Å². The summed E-state index contributed by atoms with van der Waals surface area (Å²) in [5.74, 6) is 0.558. The minimum Gasteiger partial charge on any atom is -0.497 e. The molecule has 0 fully saturated rings. The summed E-state index contributed by atoms with van der Waals surface area (Å²) in [4.78, 5) is 37.8. The number of hydrogen-bond donors (Lipinski definition) is 1. The topological polar surface area (TPSA) is 84.9 Å². The summed E-state index contributed by atoms with van der Waals surface area (Å²) in [5.41, 5.74) is 1.25. The van der Waals surface area contributed by atoms with Crippen LogP contribution in [-0.4, -0.2) is 49.4 Å². The molecule has 2 aromatic carbocycles. The molecule has 7 heteroatoms. The second kappa shape index (κ2) is 9.03. The lowest BCUT2D eigenvalue weighted by Crippen LogP contribution is -2.44. The van der Waals surface area contributed by atoms with Gasteiger partial charge in [-0.1, -0.05) is 18.2 Å². The third-order valence-corrected chi connectivity index (χ3v) is 4.45. The number of imide groups is 1. The third-order valence-electron chi connectivity index (χ3n) is 4.45. The molecule has 1 N–H and O–H groups in total. The van der Waals surface area contributed by atoms with Crippen molar-refractivity contribution >= 4 is 17.7 Å². The summed E-state index contributed by atoms with van der Waals surface area (Å²) < 4.78 is 10.6. The summed E-state index contributed by atoms with van der Waals surface area (Å²) in [6.07, 6.45) is 0.238. The van der Waals surface area contributed by atoms with E-state index in [-0.39, 0.29) is 37.1 Å². The van der Waals surface area contributed by atoms with Gasteiger partial charge in [-0.2, -0.15) is 0 Å². The third kappa shape index (κ3) is 4.68. The van der Waals surface area contributed by atoms with Gasteiger partial charge in [-0.15, -0.1) is 0 Å². The zero-order valence-corrected chi connectivity index (χ0v) is 15.6. The molecule has 7 nitrogen and oxygen atoms in total. The van der Waals surface area contributed by atoms with E-state index in [2.05, 4.69) is 5.32 Å². The summed E-state index contributed by atoms with van der Waals surface area (Å²) in [7, 11) is 1.59. The molecular weight excluding hydrogens is 360 g/mol. The number of carbonyl (C=O) groups excluding carboxylic acids is 3. The van der Waals surface area contributed by atoms with Crippen molar-refractivity contribution in [3.8, 4) is 11.5 Å². The van der Waals surface area contributed by atoms with Crippen LogP contribution < -0.4 is 14.8 Å². The zero-order chi connectivity index (χ0) is 19.9. The van der Waals surface area contributed by atoms with Gasteiger partial charge in [-0.05, 0) is 35.9 Å². The fourth-order valence-corrected chi connectivity index (χ4v) is 2.96. The quantitative estimate of drug-likeness (QED) is 0.556. The molecule has 1 aliphatic rings. The first kappa shape index (κ1) is 19.4. The van der Waals surface area contributed by atoms with E-state index in [0.717, 1.165) is 16.2 Å². The number of nitrogens with one attached hydrogen (secondary N) is 1. The zero-order valence-electron chi connectivity index (χ0n) is 15.6. The summed E-state index contributed by atoms with van der Waals surface area (Å²) in [5, 5.41) is 2.73. The predicted octanol–water partition coefficient (Wildman–Crippen LogP) is 1.81. The Bertz CT molecular complexity index is 863. The van der Waals surface area contributed by atoms with Crippen LogP contribution >= 0.6 is 0 Å². The first-order valence-corrected chi connectivity index (χ1v) is 9.04. The summed E-state index contributed by atoms with van der Waals surface area (Å²) >= 11 is 0. The fourth-order valence-electron chi connectivity index (χ4n) is 2.96. The number of benzene rings is 2. The van der Waals surface area contributed by atoms with Gasteiger partial charge in [0.05, 0.1) is 20.1 Å². The van der Waals surface area contributed by atoms with E-state index in [1.165, 1.54) is 0 Å². The van der Waals surface area contributed by atoms with Crippen molar-refractivity contribution < 1.29 is 23.9 Å². The Kier molecular flexibility index (Phi) is 6.26. The molecule has 0 spiro atoms. The van der Waals surface area contributed by atoms with Crippen LogP contribution in [0.25, 0.3) is 0 Å². The predicted molar refractivity (Wildman–Crippen MR) is 102 cm³/mol. The van der Waals surface area contributed by atoms with Gasteiger partial charge in [-0.3, -0.25) is 19.3 Å². The molecule has 2 aromatic rings. The minimum absolute atomic E-state index is 0.0577. The van der Waals surface area contributed by atoms with Crippen molar-refractivity contribution in [3.63, 3.8) is 0 Å². The van der Waals surface area contributed by atoms with E-state index >= 15 is 0 Å². The average Bonchev–Trinajstić information content (AvgIpc) is 2.71. The molecule has 28 heavy (non-hydrogen) atoms. The van der Waals surface area contributed by atoms with E-state index in [1.807, 2.05) is 0 Å². The monoisotopic (exact) mass is 382 g/mol. The molecule has 0 saturated carbocycles. The van der Waals surface area contributed by atoms with Crippen molar-refractivity contribution in [1.82, 2.24) is 10.2 Å². The summed E-state index contributed by atoms with van der Waals surface area (Å²) in [6.45, 7) is 0.708. The maximum absolute atomic E-state index is 12.4. The van der Waals surface area contributed by atoms with Crippen LogP contribution in [0.3, 0.4) is 0 Å². The van der Waals surface area contributed by atoms with Crippen LogP contribution in [-0.2, 0) is 16.0 Å². The van der Waals surface area contributed by atoms with E-state index in [0.29, 0.717) is 24.5 Å². The molecule has 0 aromatic heterocycles. The number of amides is 3. The highest BCUT2D eigenvalue weighted by Crippen LogP contribution is 2.19. The van der Waals surface area contributed by atoms with Gasteiger partial charge in [0.25, 0.3) is 5.91 Å². The number of ether oxygens (including phenoxy) is 2. The second-order valence-corrected chi connectivity index (χ2v) is 6.31. The van der Waals surface area contributed by atoms with Gasteiger partial charge >= 0.3 is 0 Å². The molecule has 1 heterocycles. The Morgan fingerprint density at radius 2 is 1.79 bits per heavy atom.